The fraction of sp³-hybridized carbons (Fsp3) is 0.278. The molecular formula is C18H19F3N2O2S. The van der Waals surface area contributed by atoms with E-state index in [1.54, 1.807) is 13.2 Å². The summed E-state index contributed by atoms with van der Waals surface area (Å²) in [6, 6.07) is 10.2. The Kier molecular flexibility index (Phi) is 6.68. The zero-order valence-corrected chi connectivity index (χ0v) is 15.1. The maximum atomic E-state index is 12.6. The van der Waals surface area contributed by atoms with Gasteiger partial charge >= 0.3 is 6.18 Å². The van der Waals surface area contributed by atoms with Crippen molar-refractivity contribution in [1.29, 1.82) is 0 Å². The largest absolute Gasteiger partial charge is 0.493 e. The van der Waals surface area contributed by atoms with E-state index >= 15 is 0 Å². The molecule has 0 amide bonds. The third kappa shape index (κ3) is 5.52. The summed E-state index contributed by atoms with van der Waals surface area (Å²) >= 11 is 5.17. The lowest BCUT2D eigenvalue weighted by Crippen LogP contribution is -2.27. The number of hydrogen-bond acceptors (Lipinski definition) is 3. The predicted molar refractivity (Wildman–Crippen MR) is 98.7 cm³/mol. The molecule has 0 aromatic heterocycles. The normalized spacial score (nSPS) is 11.0. The fourth-order valence-electron chi connectivity index (χ4n) is 2.20. The van der Waals surface area contributed by atoms with Crippen molar-refractivity contribution >= 4 is 23.0 Å². The van der Waals surface area contributed by atoms with Crippen LogP contribution in [0.1, 0.15) is 18.1 Å². The summed E-state index contributed by atoms with van der Waals surface area (Å²) < 4.78 is 48.4. The molecule has 0 radical (unpaired) electrons. The molecule has 140 valence electrons. The van der Waals surface area contributed by atoms with E-state index in [4.69, 9.17) is 21.7 Å². The smallest absolute Gasteiger partial charge is 0.416 e. The molecule has 2 rings (SSSR count). The zero-order chi connectivity index (χ0) is 19.2. The minimum Gasteiger partial charge on any atom is -0.493 e. The lowest BCUT2D eigenvalue weighted by Gasteiger charge is -2.14. The van der Waals surface area contributed by atoms with Crippen molar-refractivity contribution < 1.29 is 22.6 Å². The summed E-state index contributed by atoms with van der Waals surface area (Å²) in [5.74, 6) is 1.27. The molecule has 2 aromatic carbocycles. The number of hydrogen-bond donors (Lipinski definition) is 2. The molecule has 0 spiro atoms. The van der Waals surface area contributed by atoms with Crippen LogP contribution in [0, 0.1) is 0 Å². The van der Waals surface area contributed by atoms with Gasteiger partial charge in [0.25, 0.3) is 0 Å². The van der Waals surface area contributed by atoms with Gasteiger partial charge in [-0.15, -0.1) is 0 Å². The molecule has 0 saturated heterocycles. The first-order valence-corrected chi connectivity index (χ1v) is 8.26. The molecule has 0 fully saturated rings. The van der Waals surface area contributed by atoms with Gasteiger partial charge in [0.2, 0.25) is 0 Å². The molecule has 0 saturated carbocycles. The van der Waals surface area contributed by atoms with Gasteiger partial charge in [0.1, 0.15) is 0 Å². The lowest BCUT2D eigenvalue weighted by molar-refractivity contribution is -0.137. The van der Waals surface area contributed by atoms with Crippen molar-refractivity contribution in [3.05, 3.63) is 53.6 Å². The lowest BCUT2D eigenvalue weighted by atomic mass is 10.2. The number of anilines is 1. The Labute approximate surface area is 155 Å². The van der Waals surface area contributed by atoms with E-state index in [0.29, 0.717) is 35.5 Å². The Hall–Kier alpha value is -2.48. The third-order valence-electron chi connectivity index (χ3n) is 3.45. The van der Waals surface area contributed by atoms with Crippen LogP contribution in [-0.2, 0) is 12.7 Å². The monoisotopic (exact) mass is 384 g/mol. The van der Waals surface area contributed by atoms with E-state index in [0.717, 1.165) is 17.7 Å². The summed E-state index contributed by atoms with van der Waals surface area (Å²) in [6.45, 7) is 2.82. The Morgan fingerprint density at radius 3 is 2.35 bits per heavy atom. The van der Waals surface area contributed by atoms with Crippen molar-refractivity contribution in [2.45, 2.75) is 19.6 Å². The molecule has 0 unspecified atom stereocenters. The average Bonchev–Trinajstić information content (AvgIpc) is 2.60. The maximum absolute atomic E-state index is 12.6. The number of nitrogens with one attached hydrogen (secondary N) is 2. The number of ether oxygens (including phenoxy) is 2. The van der Waals surface area contributed by atoms with Crippen molar-refractivity contribution in [1.82, 2.24) is 5.32 Å². The van der Waals surface area contributed by atoms with Crippen LogP contribution < -0.4 is 20.1 Å². The molecule has 0 bridgehead atoms. The highest BCUT2D eigenvalue weighted by atomic mass is 32.1. The van der Waals surface area contributed by atoms with E-state index in [9.17, 15) is 13.2 Å². The second-order valence-electron chi connectivity index (χ2n) is 5.30. The van der Waals surface area contributed by atoms with E-state index < -0.39 is 11.7 Å². The first-order valence-electron chi connectivity index (χ1n) is 7.85. The van der Waals surface area contributed by atoms with Gasteiger partial charge in [-0.05, 0) is 61.1 Å². The molecule has 0 heterocycles. The molecule has 0 atom stereocenters. The maximum Gasteiger partial charge on any atom is 0.416 e. The van der Waals surface area contributed by atoms with Crippen molar-refractivity contribution in [2.75, 3.05) is 19.0 Å². The molecule has 0 aliphatic heterocycles. The molecular weight excluding hydrogens is 365 g/mol. The van der Waals surface area contributed by atoms with Crippen molar-refractivity contribution in [3.8, 4) is 11.5 Å². The van der Waals surface area contributed by atoms with Gasteiger partial charge in [-0.1, -0.05) is 6.07 Å². The van der Waals surface area contributed by atoms with Gasteiger partial charge in [-0.2, -0.15) is 13.2 Å². The number of methoxy groups -OCH3 is 1. The first-order chi connectivity index (χ1) is 12.3. The van der Waals surface area contributed by atoms with Crippen LogP contribution in [0.2, 0.25) is 0 Å². The van der Waals surface area contributed by atoms with Crippen molar-refractivity contribution in [3.63, 3.8) is 0 Å². The first kappa shape index (κ1) is 19.8. The standard InChI is InChI=1S/C18H19F3N2O2S/c1-3-25-16-10-12(4-9-15(16)24-2)11-22-17(26)23-14-7-5-13(6-8-14)18(19,20)21/h4-10H,3,11H2,1-2H3,(H2,22,23,26). The topological polar surface area (TPSA) is 42.5 Å². The van der Waals surface area contributed by atoms with Crippen LogP contribution in [0.5, 0.6) is 11.5 Å². The van der Waals surface area contributed by atoms with Gasteiger partial charge in [0.05, 0.1) is 19.3 Å². The average molecular weight is 384 g/mol. The molecule has 4 nitrogen and oxygen atoms in total. The number of thiocarbonyl (C=S) groups is 1. The highest BCUT2D eigenvalue weighted by Crippen LogP contribution is 2.30. The van der Waals surface area contributed by atoms with Gasteiger partial charge in [-0.25, -0.2) is 0 Å². The van der Waals surface area contributed by atoms with Crippen LogP contribution in [0.3, 0.4) is 0 Å². The van der Waals surface area contributed by atoms with Crippen LogP contribution in [0.4, 0.5) is 18.9 Å². The van der Waals surface area contributed by atoms with E-state index in [1.165, 1.54) is 12.1 Å². The Morgan fingerprint density at radius 1 is 1.08 bits per heavy atom. The Bertz CT molecular complexity index is 749. The van der Waals surface area contributed by atoms with Crippen LogP contribution >= 0.6 is 12.2 Å². The summed E-state index contributed by atoms with van der Waals surface area (Å²) in [5, 5.41) is 6.16. The van der Waals surface area contributed by atoms with Gasteiger partial charge in [0.15, 0.2) is 16.6 Å². The number of benzene rings is 2. The fourth-order valence-corrected chi connectivity index (χ4v) is 2.39. The van der Waals surface area contributed by atoms with E-state index in [2.05, 4.69) is 10.6 Å². The van der Waals surface area contributed by atoms with Crippen LogP contribution in [-0.4, -0.2) is 18.8 Å². The molecule has 8 heteroatoms. The SMILES string of the molecule is CCOc1cc(CNC(=S)Nc2ccc(C(F)(F)F)cc2)ccc1OC. The molecule has 2 aromatic rings. The number of halogens is 3. The number of alkyl halides is 3. The van der Waals surface area contributed by atoms with Gasteiger partial charge in [-0.3, -0.25) is 0 Å². The molecule has 26 heavy (non-hydrogen) atoms. The van der Waals surface area contributed by atoms with E-state index in [1.807, 2.05) is 19.1 Å². The Morgan fingerprint density at radius 2 is 1.77 bits per heavy atom. The minimum atomic E-state index is -4.36. The predicted octanol–water partition coefficient (Wildman–Crippen LogP) is 4.60. The summed E-state index contributed by atoms with van der Waals surface area (Å²) in [6.07, 6.45) is -4.36. The quantitative estimate of drug-likeness (QED) is 0.713. The van der Waals surface area contributed by atoms with Crippen molar-refractivity contribution in [2.24, 2.45) is 0 Å². The van der Waals surface area contributed by atoms with Crippen LogP contribution in [0.15, 0.2) is 42.5 Å². The number of rotatable bonds is 6. The van der Waals surface area contributed by atoms with Crippen LogP contribution in [0.25, 0.3) is 0 Å². The summed E-state index contributed by atoms with van der Waals surface area (Å²) in [5.41, 5.74) is 0.690. The van der Waals surface area contributed by atoms with E-state index in [-0.39, 0.29) is 0 Å². The Balaban J connectivity index is 1.93. The summed E-state index contributed by atoms with van der Waals surface area (Å²) in [4.78, 5) is 0. The zero-order valence-electron chi connectivity index (χ0n) is 14.3. The second-order valence-corrected chi connectivity index (χ2v) is 5.71. The summed E-state index contributed by atoms with van der Waals surface area (Å²) in [7, 11) is 1.57. The molecule has 0 aliphatic carbocycles. The highest BCUT2D eigenvalue weighted by molar-refractivity contribution is 7.80. The van der Waals surface area contributed by atoms with Gasteiger partial charge < -0.3 is 20.1 Å². The molecule has 0 aliphatic rings. The molecule has 2 N–H and O–H groups in total. The highest BCUT2D eigenvalue weighted by Gasteiger charge is 2.29. The second kappa shape index (κ2) is 8.75. The van der Waals surface area contributed by atoms with Gasteiger partial charge in [0, 0.05) is 12.2 Å². The third-order valence-corrected chi connectivity index (χ3v) is 3.70. The minimum absolute atomic E-state index is 0.304.